The summed E-state index contributed by atoms with van der Waals surface area (Å²) >= 11 is 0. The second-order valence-corrected chi connectivity index (χ2v) is 11.1. The Balaban J connectivity index is 3.96. The quantitative estimate of drug-likeness (QED) is 0.0679. The van der Waals surface area contributed by atoms with E-state index in [0.717, 1.165) is 64.3 Å². The van der Waals surface area contributed by atoms with Crippen molar-refractivity contribution in [3.8, 4) is 0 Å². The summed E-state index contributed by atoms with van der Waals surface area (Å²) in [7, 11) is -4.74. The molecule has 0 aliphatic heterocycles. The minimum absolute atomic E-state index is 0.0230. The number of esters is 2. The van der Waals surface area contributed by atoms with E-state index in [2.05, 4.69) is 16.8 Å². The monoisotopic (exact) mass is 565 g/mol. The highest BCUT2D eigenvalue weighted by Gasteiger charge is 2.22. The maximum atomic E-state index is 12.1. The molecule has 10 nitrogen and oxygen atoms in total. The van der Waals surface area contributed by atoms with Crippen LogP contribution in [0.5, 0.6) is 0 Å². The fourth-order valence-corrected chi connectivity index (χ4v) is 4.28. The number of unbranched alkanes of at least 4 members (excludes halogenated alkanes) is 14. The van der Waals surface area contributed by atoms with Crippen molar-refractivity contribution < 1.29 is 42.7 Å². The van der Waals surface area contributed by atoms with Gasteiger partial charge in [0.1, 0.15) is 6.61 Å². The van der Waals surface area contributed by atoms with Crippen LogP contribution in [0.15, 0.2) is 0 Å². The molecule has 0 bridgehead atoms. The van der Waals surface area contributed by atoms with Gasteiger partial charge in [-0.25, -0.2) is 4.57 Å². The van der Waals surface area contributed by atoms with Crippen molar-refractivity contribution in [1.29, 1.82) is 0 Å². The number of phosphoric ester groups is 1. The first-order chi connectivity index (χ1) is 18.1. The van der Waals surface area contributed by atoms with Crippen LogP contribution in [0, 0.1) is 0 Å². The van der Waals surface area contributed by atoms with Gasteiger partial charge in [0.25, 0.3) is 0 Å². The zero-order valence-electron chi connectivity index (χ0n) is 23.6. The average Bonchev–Trinajstić information content (AvgIpc) is 2.85. The van der Waals surface area contributed by atoms with E-state index >= 15 is 0 Å². The van der Waals surface area contributed by atoms with Gasteiger partial charge in [-0.3, -0.25) is 18.9 Å². The molecule has 0 saturated carbocycles. The minimum atomic E-state index is -4.74. The minimum Gasteiger partial charge on any atom is -0.462 e. The highest BCUT2D eigenvalue weighted by Crippen LogP contribution is 2.35. The maximum Gasteiger partial charge on any atom is 0.469 e. The van der Waals surface area contributed by atoms with E-state index in [0.29, 0.717) is 12.8 Å². The third kappa shape index (κ3) is 27.6. The lowest BCUT2D eigenvalue weighted by Crippen LogP contribution is -2.29. The van der Waals surface area contributed by atoms with Crippen molar-refractivity contribution in [2.75, 3.05) is 19.8 Å². The van der Waals surface area contributed by atoms with Crippen LogP contribution in [0.25, 0.3) is 0 Å². The molecule has 0 aliphatic carbocycles. The van der Waals surface area contributed by atoms with Crippen molar-refractivity contribution in [2.24, 2.45) is 0 Å². The van der Waals surface area contributed by atoms with Crippen LogP contribution in [-0.2, 0) is 32.9 Å². The van der Waals surface area contributed by atoms with Gasteiger partial charge < -0.3 is 24.6 Å². The molecular weight excluding hydrogens is 513 g/mol. The molecule has 0 fully saturated rings. The second-order valence-electron chi connectivity index (χ2n) is 9.87. The van der Waals surface area contributed by atoms with Gasteiger partial charge in [0.05, 0.1) is 6.61 Å². The molecule has 1 atom stereocenters. The van der Waals surface area contributed by atoms with Crippen molar-refractivity contribution in [1.82, 2.24) is 5.32 Å². The summed E-state index contributed by atoms with van der Waals surface area (Å²) in [6, 6.07) is 0. The summed E-state index contributed by atoms with van der Waals surface area (Å²) in [5.41, 5.74) is 0. The molecule has 0 heterocycles. The van der Waals surface area contributed by atoms with Gasteiger partial charge in [-0.15, -0.1) is 0 Å². The van der Waals surface area contributed by atoms with Gasteiger partial charge in [0.15, 0.2) is 6.10 Å². The largest absolute Gasteiger partial charge is 0.469 e. The normalized spacial score (nSPS) is 12.2. The summed E-state index contributed by atoms with van der Waals surface area (Å²) in [6.07, 6.45) is 16.1. The first kappa shape index (κ1) is 36.5. The SMILES string of the molecule is CCCCCCCCC(=O)O[C@H](COC(=O)CCCCCCCCCCCCNC(C)=O)COP(=O)(O)O. The predicted octanol–water partition coefficient (Wildman–Crippen LogP) is 5.73. The van der Waals surface area contributed by atoms with E-state index in [1.165, 1.54) is 39.0 Å². The van der Waals surface area contributed by atoms with Crippen LogP contribution in [0.2, 0.25) is 0 Å². The molecule has 0 aromatic rings. The number of amides is 1. The molecule has 1 amide bonds. The number of carbonyl (C=O) groups is 3. The average molecular weight is 566 g/mol. The first-order valence-corrected chi connectivity index (χ1v) is 16.0. The number of phosphoric acid groups is 1. The fourth-order valence-electron chi connectivity index (χ4n) is 3.92. The number of nitrogens with one attached hydrogen (secondary N) is 1. The van der Waals surface area contributed by atoms with Crippen molar-refractivity contribution in [3.05, 3.63) is 0 Å². The standard InChI is InChI=1S/C27H52NO9P/c1-3-4-5-6-13-17-20-27(31)37-25(23-36-38(32,33)34)22-35-26(30)19-16-14-11-9-7-8-10-12-15-18-21-28-24(2)29/h25H,3-23H2,1-2H3,(H,28,29)(H2,32,33,34)/t25-/m1/s1. The van der Waals surface area contributed by atoms with E-state index in [1.54, 1.807) is 0 Å². The number of rotatable bonds is 26. The van der Waals surface area contributed by atoms with E-state index in [4.69, 9.17) is 19.3 Å². The molecule has 0 spiro atoms. The maximum absolute atomic E-state index is 12.1. The molecule has 0 aliphatic rings. The lowest BCUT2D eigenvalue weighted by atomic mass is 10.1. The number of hydrogen-bond acceptors (Lipinski definition) is 7. The Hall–Kier alpha value is -1.48. The molecule has 38 heavy (non-hydrogen) atoms. The van der Waals surface area contributed by atoms with Crippen LogP contribution >= 0.6 is 7.82 Å². The Labute approximate surface area is 229 Å². The second kappa shape index (κ2) is 24.6. The topological polar surface area (TPSA) is 148 Å². The van der Waals surface area contributed by atoms with Crippen molar-refractivity contribution in [3.63, 3.8) is 0 Å². The van der Waals surface area contributed by atoms with Gasteiger partial charge in [0, 0.05) is 26.3 Å². The van der Waals surface area contributed by atoms with Crippen molar-refractivity contribution in [2.45, 2.75) is 136 Å². The summed E-state index contributed by atoms with van der Waals surface area (Å²) in [6.45, 7) is 3.57. The van der Waals surface area contributed by atoms with Gasteiger partial charge in [-0.2, -0.15) is 0 Å². The Morgan fingerprint density at radius 3 is 1.68 bits per heavy atom. The molecule has 0 aromatic heterocycles. The third-order valence-electron chi connectivity index (χ3n) is 6.07. The molecule has 0 unspecified atom stereocenters. The Morgan fingerprint density at radius 1 is 0.711 bits per heavy atom. The lowest BCUT2D eigenvalue weighted by molar-refractivity contribution is -0.161. The Kier molecular flexibility index (Phi) is 23.6. The molecule has 3 N–H and O–H groups in total. The molecule has 0 aromatic carbocycles. The third-order valence-corrected chi connectivity index (χ3v) is 6.56. The summed E-state index contributed by atoms with van der Waals surface area (Å²) in [5.74, 6) is -0.909. The molecule has 0 radical (unpaired) electrons. The predicted molar refractivity (Wildman–Crippen MR) is 146 cm³/mol. The number of carbonyl (C=O) groups excluding carboxylic acids is 3. The Bertz CT molecular complexity index is 669. The lowest BCUT2D eigenvalue weighted by Gasteiger charge is -2.18. The van der Waals surface area contributed by atoms with Crippen LogP contribution in [0.1, 0.15) is 129 Å². The van der Waals surface area contributed by atoms with E-state index in [1.807, 2.05) is 0 Å². The smallest absolute Gasteiger partial charge is 0.462 e. The number of ether oxygens (including phenoxy) is 2. The molecular formula is C27H52NO9P. The Morgan fingerprint density at radius 2 is 1.18 bits per heavy atom. The molecule has 0 saturated heterocycles. The summed E-state index contributed by atoms with van der Waals surface area (Å²) in [4.78, 5) is 52.9. The summed E-state index contributed by atoms with van der Waals surface area (Å²) in [5, 5.41) is 2.80. The van der Waals surface area contributed by atoms with Gasteiger partial charge >= 0.3 is 19.8 Å². The van der Waals surface area contributed by atoms with Gasteiger partial charge in [-0.05, 0) is 19.3 Å². The van der Waals surface area contributed by atoms with E-state index in [-0.39, 0.29) is 25.4 Å². The zero-order valence-corrected chi connectivity index (χ0v) is 24.5. The highest BCUT2D eigenvalue weighted by molar-refractivity contribution is 7.46. The van der Waals surface area contributed by atoms with Gasteiger partial charge in [-0.1, -0.05) is 90.4 Å². The highest BCUT2D eigenvalue weighted by atomic mass is 31.2. The fraction of sp³-hybridized carbons (Fsp3) is 0.889. The van der Waals surface area contributed by atoms with E-state index in [9.17, 15) is 18.9 Å². The van der Waals surface area contributed by atoms with Crippen LogP contribution in [0.4, 0.5) is 0 Å². The van der Waals surface area contributed by atoms with Crippen LogP contribution in [0.3, 0.4) is 0 Å². The van der Waals surface area contributed by atoms with Crippen LogP contribution < -0.4 is 5.32 Å². The zero-order chi connectivity index (χ0) is 28.5. The van der Waals surface area contributed by atoms with Crippen molar-refractivity contribution >= 4 is 25.7 Å². The summed E-state index contributed by atoms with van der Waals surface area (Å²) < 4.78 is 25.9. The first-order valence-electron chi connectivity index (χ1n) is 14.4. The molecule has 224 valence electrons. The van der Waals surface area contributed by atoms with Crippen LogP contribution in [-0.4, -0.2) is 53.5 Å². The molecule has 0 rings (SSSR count). The number of hydrogen-bond donors (Lipinski definition) is 3. The van der Waals surface area contributed by atoms with Gasteiger partial charge in [0.2, 0.25) is 5.91 Å². The van der Waals surface area contributed by atoms with E-state index < -0.39 is 32.5 Å². The molecule has 11 heteroatoms.